The van der Waals surface area contributed by atoms with Crippen molar-refractivity contribution in [2.75, 3.05) is 26.4 Å². The molecule has 2 heterocycles. The Labute approximate surface area is 235 Å². The molecule has 4 aromatic carbocycles. The van der Waals surface area contributed by atoms with Gasteiger partial charge >= 0.3 is 0 Å². The summed E-state index contributed by atoms with van der Waals surface area (Å²) in [7, 11) is 0. The number of hydrogen-bond donors (Lipinski definition) is 0. The lowest BCUT2D eigenvalue weighted by Crippen LogP contribution is -2.08. The maximum atomic E-state index is 5.86. The lowest BCUT2D eigenvalue weighted by atomic mass is 10.0. The van der Waals surface area contributed by atoms with Crippen LogP contribution in [-0.4, -0.2) is 36.4 Å². The van der Waals surface area contributed by atoms with Gasteiger partial charge in [-0.1, -0.05) is 84.9 Å². The SMILES string of the molecule is c1cc(CCOCCOCCc2cccc(-c3ccc4ccccc4n3)c2)cc(-c2ccc3ccccc3n2)c1. The first-order valence-corrected chi connectivity index (χ1v) is 13.9. The van der Waals surface area contributed by atoms with Crippen LogP contribution in [0.25, 0.3) is 44.3 Å². The largest absolute Gasteiger partial charge is 0.379 e. The van der Waals surface area contributed by atoms with E-state index in [9.17, 15) is 0 Å². The zero-order chi connectivity index (χ0) is 27.0. The topological polar surface area (TPSA) is 44.2 Å². The second kappa shape index (κ2) is 12.6. The van der Waals surface area contributed by atoms with Gasteiger partial charge in [0.15, 0.2) is 0 Å². The lowest BCUT2D eigenvalue weighted by Gasteiger charge is -2.09. The molecule has 0 aliphatic carbocycles. The summed E-state index contributed by atoms with van der Waals surface area (Å²) >= 11 is 0. The van der Waals surface area contributed by atoms with Gasteiger partial charge in [0.05, 0.1) is 48.8 Å². The molecule has 0 aliphatic heterocycles. The van der Waals surface area contributed by atoms with Crippen molar-refractivity contribution in [1.82, 2.24) is 9.97 Å². The molecule has 4 heteroatoms. The molecule has 6 aromatic rings. The molecule has 40 heavy (non-hydrogen) atoms. The van der Waals surface area contributed by atoms with Gasteiger partial charge in [-0.3, -0.25) is 0 Å². The highest BCUT2D eigenvalue weighted by atomic mass is 16.5. The molecule has 0 saturated heterocycles. The molecule has 0 aliphatic rings. The van der Waals surface area contributed by atoms with E-state index in [0.717, 1.165) is 57.2 Å². The monoisotopic (exact) mass is 524 g/mol. The number of fused-ring (bicyclic) bond motifs is 2. The van der Waals surface area contributed by atoms with Gasteiger partial charge in [0.2, 0.25) is 0 Å². The number of hydrogen-bond acceptors (Lipinski definition) is 4. The van der Waals surface area contributed by atoms with Crippen LogP contribution >= 0.6 is 0 Å². The molecule has 0 radical (unpaired) electrons. The van der Waals surface area contributed by atoms with Gasteiger partial charge in [0.1, 0.15) is 0 Å². The summed E-state index contributed by atoms with van der Waals surface area (Å²) in [6.45, 7) is 2.51. The lowest BCUT2D eigenvalue weighted by molar-refractivity contribution is 0.0501. The number of nitrogens with zero attached hydrogens (tertiary/aromatic N) is 2. The van der Waals surface area contributed by atoms with Crippen LogP contribution in [0, 0.1) is 0 Å². The Bertz CT molecular complexity index is 1600. The van der Waals surface area contributed by atoms with Gasteiger partial charge in [-0.05, 0) is 60.4 Å². The summed E-state index contributed by atoms with van der Waals surface area (Å²) in [5, 5.41) is 2.31. The van der Waals surface area contributed by atoms with Crippen molar-refractivity contribution in [2.24, 2.45) is 0 Å². The molecule has 0 amide bonds. The quantitative estimate of drug-likeness (QED) is 0.161. The van der Waals surface area contributed by atoms with Crippen LogP contribution < -0.4 is 0 Å². The van der Waals surface area contributed by atoms with Crippen LogP contribution in [0.5, 0.6) is 0 Å². The Balaban J connectivity index is 0.928. The molecule has 0 saturated carbocycles. The van der Waals surface area contributed by atoms with E-state index >= 15 is 0 Å². The number of ether oxygens (including phenoxy) is 2. The normalized spacial score (nSPS) is 11.3. The third-order valence-electron chi connectivity index (χ3n) is 7.08. The molecule has 0 bridgehead atoms. The smallest absolute Gasteiger partial charge is 0.0709 e. The summed E-state index contributed by atoms with van der Waals surface area (Å²) in [6, 6.07) is 42.0. The summed E-state index contributed by atoms with van der Waals surface area (Å²) in [5.41, 5.74) is 8.78. The third kappa shape index (κ3) is 6.42. The summed E-state index contributed by atoms with van der Waals surface area (Å²) in [4.78, 5) is 9.65. The number of pyridine rings is 2. The van der Waals surface area contributed by atoms with Gasteiger partial charge in [-0.15, -0.1) is 0 Å². The molecular formula is C36H32N2O2. The average Bonchev–Trinajstić information content (AvgIpc) is 3.02. The molecule has 4 nitrogen and oxygen atoms in total. The predicted octanol–water partition coefficient (Wildman–Crippen LogP) is 7.94. The van der Waals surface area contributed by atoms with Gasteiger partial charge < -0.3 is 9.47 Å². The van der Waals surface area contributed by atoms with Crippen LogP contribution in [0.2, 0.25) is 0 Å². The zero-order valence-electron chi connectivity index (χ0n) is 22.5. The van der Waals surface area contributed by atoms with E-state index in [1.54, 1.807) is 0 Å². The molecule has 0 unspecified atom stereocenters. The van der Waals surface area contributed by atoms with Crippen molar-refractivity contribution < 1.29 is 9.47 Å². The van der Waals surface area contributed by atoms with E-state index in [0.29, 0.717) is 26.4 Å². The molecule has 0 fully saturated rings. The Kier molecular flexibility index (Phi) is 8.18. The van der Waals surface area contributed by atoms with E-state index in [-0.39, 0.29) is 0 Å². The maximum absolute atomic E-state index is 5.86. The van der Waals surface area contributed by atoms with Gasteiger partial charge in [-0.25, -0.2) is 9.97 Å². The van der Waals surface area contributed by atoms with Crippen LogP contribution in [0.1, 0.15) is 11.1 Å². The van der Waals surface area contributed by atoms with E-state index in [1.807, 2.05) is 24.3 Å². The van der Waals surface area contributed by atoms with Crippen molar-refractivity contribution in [3.05, 3.63) is 132 Å². The minimum atomic E-state index is 0.590. The highest BCUT2D eigenvalue weighted by Gasteiger charge is 2.05. The van der Waals surface area contributed by atoms with Gasteiger partial charge in [-0.2, -0.15) is 0 Å². The second-order valence-corrected chi connectivity index (χ2v) is 9.90. The van der Waals surface area contributed by atoms with Crippen LogP contribution in [-0.2, 0) is 22.3 Å². The third-order valence-corrected chi connectivity index (χ3v) is 7.08. The maximum Gasteiger partial charge on any atom is 0.0709 e. The zero-order valence-corrected chi connectivity index (χ0v) is 22.5. The van der Waals surface area contributed by atoms with E-state index in [4.69, 9.17) is 19.4 Å². The van der Waals surface area contributed by atoms with Crippen LogP contribution in [0.15, 0.2) is 121 Å². The number of rotatable bonds is 11. The Hall–Kier alpha value is -4.38. The highest BCUT2D eigenvalue weighted by molar-refractivity contribution is 5.82. The first kappa shape index (κ1) is 25.9. The Morgan fingerprint density at radius 2 is 0.900 bits per heavy atom. The highest BCUT2D eigenvalue weighted by Crippen LogP contribution is 2.23. The first-order chi connectivity index (χ1) is 19.8. The summed E-state index contributed by atoms with van der Waals surface area (Å²) < 4.78 is 11.7. The Morgan fingerprint density at radius 1 is 0.425 bits per heavy atom. The van der Waals surface area contributed by atoms with Crippen molar-refractivity contribution in [3.8, 4) is 22.5 Å². The van der Waals surface area contributed by atoms with Crippen molar-refractivity contribution in [2.45, 2.75) is 12.8 Å². The fourth-order valence-corrected chi connectivity index (χ4v) is 4.93. The average molecular weight is 525 g/mol. The summed E-state index contributed by atoms with van der Waals surface area (Å²) in [6.07, 6.45) is 1.72. The van der Waals surface area contributed by atoms with Crippen molar-refractivity contribution in [3.63, 3.8) is 0 Å². The van der Waals surface area contributed by atoms with Crippen LogP contribution in [0.4, 0.5) is 0 Å². The summed E-state index contributed by atoms with van der Waals surface area (Å²) in [5.74, 6) is 0. The molecule has 0 atom stereocenters. The molecule has 0 N–H and O–H groups in total. The Morgan fingerprint density at radius 3 is 1.40 bits per heavy atom. The minimum Gasteiger partial charge on any atom is -0.379 e. The van der Waals surface area contributed by atoms with Gasteiger partial charge in [0.25, 0.3) is 0 Å². The molecular weight excluding hydrogens is 492 g/mol. The second-order valence-electron chi connectivity index (χ2n) is 9.90. The van der Waals surface area contributed by atoms with Gasteiger partial charge in [0, 0.05) is 21.9 Å². The van der Waals surface area contributed by atoms with Crippen molar-refractivity contribution >= 4 is 21.8 Å². The molecule has 0 spiro atoms. The van der Waals surface area contributed by atoms with Crippen molar-refractivity contribution in [1.29, 1.82) is 0 Å². The predicted molar refractivity (Wildman–Crippen MR) is 163 cm³/mol. The van der Waals surface area contributed by atoms with Crippen LogP contribution in [0.3, 0.4) is 0 Å². The van der Waals surface area contributed by atoms with E-state index in [2.05, 4.69) is 97.1 Å². The number of aromatic nitrogens is 2. The minimum absolute atomic E-state index is 0.590. The molecule has 198 valence electrons. The standard InChI is InChI=1S/C36H32N2O2/c1-3-13-33-29(9-1)15-17-35(37-33)31-11-5-7-27(25-31)19-21-39-23-24-40-22-20-28-8-6-12-32(26-28)36-18-16-30-10-2-4-14-34(30)38-36/h1-18,25-26H,19-24H2. The molecule has 2 aromatic heterocycles. The fourth-order valence-electron chi connectivity index (χ4n) is 4.93. The van der Waals surface area contributed by atoms with E-state index < -0.39 is 0 Å². The molecule has 6 rings (SSSR count). The fraction of sp³-hybridized carbons (Fsp3) is 0.167. The number of para-hydroxylation sites is 2. The first-order valence-electron chi connectivity index (χ1n) is 13.9. The number of benzene rings is 4. The van der Waals surface area contributed by atoms with E-state index in [1.165, 1.54) is 11.1 Å².